The third-order valence-electron chi connectivity index (χ3n) is 7.52. The molecule has 2 aromatic carbocycles. The fourth-order valence-corrected chi connectivity index (χ4v) is 8.06. The molecule has 0 saturated heterocycles. The summed E-state index contributed by atoms with van der Waals surface area (Å²) in [5, 5.41) is 12.7. The predicted octanol–water partition coefficient (Wildman–Crippen LogP) is 5.39. The highest BCUT2D eigenvalue weighted by atomic mass is 35.5. The third-order valence-corrected chi connectivity index (χ3v) is 10.2. The van der Waals surface area contributed by atoms with Crippen LogP contribution in [0.2, 0.25) is 5.02 Å². The van der Waals surface area contributed by atoms with Crippen LogP contribution in [0.25, 0.3) is 0 Å². The molecule has 0 aliphatic heterocycles. The highest BCUT2D eigenvalue weighted by molar-refractivity contribution is 7.92. The summed E-state index contributed by atoms with van der Waals surface area (Å²) in [5.74, 6) is -6.99. The number of nitrogens with zero attached hydrogens (tertiary/aromatic N) is 1. The Balaban J connectivity index is 1.40. The number of halogens is 5. The van der Waals surface area contributed by atoms with Gasteiger partial charge in [0.2, 0.25) is 0 Å². The zero-order valence-corrected chi connectivity index (χ0v) is 21.2. The number of hydrogen-bond acceptors (Lipinski definition) is 5. The molecule has 2 bridgehead atoms. The number of hydrogen-bond donors (Lipinski definition) is 2. The molecule has 2 aliphatic carbocycles. The fourth-order valence-electron chi connectivity index (χ4n) is 5.66. The SMILES string of the molecule is O=C(Nc1cc(F)c(F)c(F)c1)c1ccc(Cl)c(S(=O)(=O)C2CC3CC[C@@H](C2)C3(O)c2ccc(F)cn2)c1. The van der Waals surface area contributed by atoms with E-state index in [0.717, 1.165) is 12.3 Å². The summed E-state index contributed by atoms with van der Waals surface area (Å²) in [7, 11) is -4.08. The van der Waals surface area contributed by atoms with Gasteiger partial charge < -0.3 is 10.4 Å². The van der Waals surface area contributed by atoms with Gasteiger partial charge in [-0.25, -0.2) is 26.0 Å². The smallest absolute Gasteiger partial charge is 0.255 e. The van der Waals surface area contributed by atoms with Gasteiger partial charge in [-0.05, 0) is 67.9 Å². The van der Waals surface area contributed by atoms with Crippen molar-refractivity contribution in [2.24, 2.45) is 11.8 Å². The molecule has 1 amide bonds. The molecule has 1 aromatic heterocycles. The molecule has 3 unspecified atom stereocenters. The van der Waals surface area contributed by atoms with E-state index < -0.39 is 61.7 Å². The first-order chi connectivity index (χ1) is 17.9. The second-order valence-electron chi connectivity index (χ2n) is 9.65. The van der Waals surface area contributed by atoms with Crippen LogP contribution in [0.5, 0.6) is 0 Å². The highest BCUT2D eigenvalue weighted by Gasteiger charge is 2.57. The van der Waals surface area contributed by atoms with Gasteiger partial charge in [-0.2, -0.15) is 0 Å². The number of amides is 1. The van der Waals surface area contributed by atoms with E-state index in [0.29, 0.717) is 30.7 Å². The average molecular weight is 569 g/mol. The van der Waals surface area contributed by atoms with Crippen molar-refractivity contribution in [2.45, 2.75) is 41.4 Å². The summed E-state index contributed by atoms with van der Waals surface area (Å²) in [6, 6.07) is 7.35. The van der Waals surface area contributed by atoms with Crippen LogP contribution in [-0.2, 0) is 15.4 Å². The van der Waals surface area contributed by atoms with E-state index >= 15 is 0 Å². The predicted molar refractivity (Wildman–Crippen MR) is 130 cm³/mol. The molecule has 38 heavy (non-hydrogen) atoms. The van der Waals surface area contributed by atoms with Crippen LogP contribution in [-0.4, -0.2) is 29.7 Å². The molecule has 0 radical (unpaired) electrons. The van der Waals surface area contributed by atoms with Crippen LogP contribution in [0, 0.1) is 35.1 Å². The number of aliphatic hydroxyl groups is 1. The molecule has 2 N–H and O–H groups in total. The topological polar surface area (TPSA) is 96.4 Å². The van der Waals surface area contributed by atoms with E-state index in [1.54, 1.807) is 0 Å². The number of benzene rings is 2. The maximum Gasteiger partial charge on any atom is 0.255 e. The molecule has 1 heterocycles. The van der Waals surface area contributed by atoms with Crippen LogP contribution in [0.3, 0.4) is 0 Å². The number of nitrogens with one attached hydrogen (secondary N) is 1. The first kappa shape index (κ1) is 26.6. The molecular formula is C26H21ClF4N2O4S. The van der Waals surface area contributed by atoms with E-state index in [-0.39, 0.29) is 34.0 Å². The van der Waals surface area contributed by atoms with Gasteiger partial charge in [-0.15, -0.1) is 0 Å². The molecule has 6 nitrogen and oxygen atoms in total. The summed E-state index contributed by atoms with van der Waals surface area (Å²) in [5.41, 5.74) is -1.59. The minimum atomic E-state index is -4.08. The van der Waals surface area contributed by atoms with E-state index in [2.05, 4.69) is 10.3 Å². The second kappa shape index (κ2) is 9.62. The maximum absolute atomic E-state index is 13.7. The monoisotopic (exact) mass is 568 g/mol. The summed E-state index contributed by atoms with van der Waals surface area (Å²) >= 11 is 6.23. The van der Waals surface area contributed by atoms with Gasteiger partial charge in [0.25, 0.3) is 5.91 Å². The van der Waals surface area contributed by atoms with Gasteiger partial charge in [-0.3, -0.25) is 9.78 Å². The lowest BCUT2D eigenvalue weighted by Gasteiger charge is -2.42. The van der Waals surface area contributed by atoms with Crippen LogP contribution in [0.15, 0.2) is 53.6 Å². The van der Waals surface area contributed by atoms with Gasteiger partial charge in [0.1, 0.15) is 11.4 Å². The lowest BCUT2D eigenvalue weighted by atomic mass is 9.72. The molecule has 200 valence electrons. The van der Waals surface area contributed by atoms with Gasteiger partial charge >= 0.3 is 0 Å². The Labute approximate surface area is 220 Å². The molecule has 5 rings (SSSR count). The average Bonchev–Trinajstić information content (AvgIpc) is 3.04. The van der Waals surface area contributed by atoms with Gasteiger partial charge in [0.05, 0.1) is 27.1 Å². The fraction of sp³-hybridized carbons (Fsp3) is 0.308. The van der Waals surface area contributed by atoms with Crippen molar-refractivity contribution in [2.75, 3.05) is 5.32 Å². The molecule has 0 spiro atoms. The van der Waals surface area contributed by atoms with Crippen molar-refractivity contribution in [3.8, 4) is 0 Å². The minimum absolute atomic E-state index is 0.106. The van der Waals surface area contributed by atoms with Crippen molar-refractivity contribution in [3.05, 3.63) is 88.2 Å². The standard InChI is InChI=1S/C26H21ClF4N2O4S/c27-19-5-1-13(25(34)33-17-10-20(29)24(31)21(30)11-17)7-22(19)38(36,37)18-8-14-2-3-15(9-18)26(14,35)23-6-4-16(28)12-32-23/h1,4-7,10-12,14-15,18,35H,2-3,8-9H2,(H,33,34)/t14-,15?,18?,26?/m0/s1. The number of fused-ring (bicyclic) bond motifs is 2. The lowest BCUT2D eigenvalue weighted by molar-refractivity contribution is -0.0682. The number of carbonyl (C=O) groups is 1. The molecule has 2 aliphatic rings. The highest BCUT2D eigenvalue weighted by Crippen LogP contribution is 2.56. The Morgan fingerprint density at radius 3 is 2.21 bits per heavy atom. The van der Waals surface area contributed by atoms with Gasteiger partial charge in [-0.1, -0.05) is 11.6 Å². The van der Waals surface area contributed by atoms with Crippen LogP contribution in [0.1, 0.15) is 41.7 Å². The Hall–Kier alpha value is -3.02. The second-order valence-corrected chi connectivity index (χ2v) is 12.3. The number of aromatic nitrogens is 1. The van der Waals surface area contributed by atoms with E-state index in [1.807, 2.05) is 0 Å². The number of rotatable bonds is 5. The summed E-state index contributed by atoms with van der Waals surface area (Å²) in [6.07, 6.45) is 2.35. The lowest BCUT2D eigenvalue weighted by Crippen LogP contribution is -2.46. The Morgan fingerprint density at radius 2 is 1.63 bits per heavy atom. The minimum Gasteiger partial charge on any atom is -0.383 e. The normalized spacial score (nSPS) is 24.8. The number of anilines is 1. The molecule has 3 aromatic rings. The zero-order chi connectivity index (χ0) is 27.4. The third kappa shape index (κ3) is 4.46. The molecule has 4 atom stereocenters. The summed E-state index contributed by atoms with van der Waals surface area (Å²) in [6.45, 7) is 0. The molecule has 12 heteroatoms. The van der Waals surface area contributed by atoms with Crippen LogP contribution >= 0.6 is 11.6 Å². The maximum atomic E-state index is 13.7. The quantitative estimate of drug-likeness (QED) is 0.318. The van der Waals surface area contributed by atoms with E-state index in [1.165, 1.54) is 24.3 Å². The van der Waals surface area contributed by atoms with Gasteiger partial charge in [0, 0.05) is 23.4 Å². The number of pyridine rings is 1. The van der Waals surface area contributed by atoms with Crippen LogP contribution < -0.4 is 5.32 Å². The number of sulfone groups is 1. The molecule has 2 saturated carbocycles. The summed E-state index contributed by atoms with van der Waals surface area (Å²) < 4.78 is 81.0. The van der Waals surface area contributed by atoms with Crippen molar-refractivity contribution in [1.82, 2.24) is 4.98 Å². The number of carbonyl (C=O) groups excluding carboxylic acids is 1. The van der Waals surface area contributed by atoms with Gasteiger partial charge in [0.15, 0.2) is 27.3 Å². The van der Waals surface area contributed by atoms with E-state index in [4.69, 9.17) is 11.6 Å². The Morgan fingerprint density at radius 1 is 1.00 bits per heavy atom. The van der Waals surface area contributed by atoms with Crippen molar-refractivity contribution >= 4 is 33.0 Å². The zero-order valence-electron chi connectivity index (χ0n) is 19.6. The molecule has 2 fully saturated rings. The summed E-state index contributed by atoms with van der Waals surface area (Å²) in [4.78, 5) is 16.5. The Bertz CT molecular complexity index is 1500. The largest absolute Gasteiger partial charge is 0.383 e. The van der Waals surface area contributed by atoms with Crippen molar-refractivity contribution < 1.29 is 35.9 Å². The Kier molecular flexibility index (Phi) is 6.73. The first-order valence-corrected chi connectivity index (χ1v) is 13.7. The molecular weight excluding hydrogens is 548 g/mol. The van der Waals surface area contributed by atoms with Crippen molar-refractivity contribution in [3.63, 3.8) is 0 Å². The van der Waals surface area contributed by atoms with E-state index in [9.17, 15) is 35.9 Å². The first-order valence-electron chi connectivity index (χ1n) is 11.7. The van der Waals surface area contributed by atoms with Crippen LogP contribution in [0.4, 0.5) is 23.2 Å². The van der Waals surface area contributed by atoms with Crippen molar-refractivity contribution in [1.29, 1.82) is 0 Å².